The van der Waals surface area contributed by atoms with Crippen LogP contribution in [0.25, 0.3) is 0 Å². The number of nitrogens with zero attached hydrogens (tertiary/aromatic N) is 1. The molecule has 1 heterocycles. The maximum Gasteiger partial charge on any atom is 0.319 e. The quantitative estimate of drug-likeness (QED) is 0.693. The first-order chi connectivity index (χ1) is 13.4. The predicted molar refractivity (Wildman–Crippen MR) is 112 cm³/mol. The van der Waals surface area contributed by atoms with E-state index in [0.29, 0.717) is 11.4 Å². The SMILES string of the molecule is CS(=O)(=O)Nc1ccc(NC(=O)NC2CCN(Cc3ccccc3)CC2)cc1. The van der Waals surface area contributed by atoms with Crippen molar-refractivity contribution in [1.29, 1.82) is 0 Å². The molecule has 0 atom stereocenters. The second-order valence-electron chi connectivity index (χ2n) is 7.09. The maximum absolute atomic E-state index is 12.2. The van der Waals surface area contributed by atoms with Crippen LogP contribution in [0.4, 0.5) is 16.2 Å². The van der Waals surface area contributed by atoms with E-state index in [4.69, 9.17) is 0 Å². The molecule has 0 spiro atoms. The zero-order valence-corrected chi connectivity index (χ0v) is 16.7. The molecule has 1 aliphatic heterocycles. The molecule has 2 aromatic rings. The molecule has 150 valence electrons. The van der Waals surface area contributed by atoms with E-state index < -0.39 is 10.0 Å². The third-order valence-corrected chi connectivity index (χ3v) is 5.22. The molecule has 8 heteroatoms. The highest BCUT2D eigenvalue weighted by molar-refractivity contribution is 7.92. The highest BCUT2D eigenvalue weighted by atomic mass is 32.2. The number of rotatable bonds is 6. The van der Waals surface area contributed by atoms with Gasteiger partial charge in [-0.15, -0.1) is 0 Å². The van der Waals surface area contributed by atoms with Gasteiger partial charge in [0.25, 0.3) is 0 Å². The topological polar surface area (TPSA) is 90.5 Å². The fraction of sp³-hybridized carbons (Fsp3) is 0.350. The number of carbonyl (C=O) groups is 1. The van der Waals surface area contributed by atoms with Gasteiger partial charge in [0.15, 0.2) is 0 Å². The smallest absolute Gasteiger partial charge is 0.319 e. The van der Waals surface area contributed by atoms with Crippen molar-refractivity contribution in [1.82, 2.24) is 10.2 Å². The first-order valence-electron chi connectivity index (χ1n) is 9.29. The van der Waals surface area contributed by atoms with Crippen LogP contribution in [0.3, 0.4) is 0 Å². The number of likely N-dealkylation sites (tertiary alicyclic amines) is 1. The number of nitrogens with one attached hydrogen (secondary N) is 3. The van der Waals surface area contributed by atoms with Gasteiger partial charge in [0.1, 0.15) is 0 Å². The van der Waals surface area contributed by atoms with Crippen LogP contribution in [0.1, 0.15) is 18.4 Å². The van der Waals surface area contributed by atoms with E-state index in [2.05, 4.69) is 44.5 Å². The van der Waals surface area contributed by atoms with Crippen molar-refractivity contribution in [3.8, 4) is 0 Å². The molecule has 3 rings (SSSR count). The van der Waals surface area contributed by atoms with Crippen molar-refractivity contribution < 1.29 is 13.2 Å². The summed E-state index contributed by atoms with van der Waals surface area (Å²) in [6.45, 7) is 2.84. The summed E-state index contributed by atoms with van der Waals surface area (Å²) >= 11 is 0. The van der Waals surface area contributed by atoms with Gasteiger partial charge in [0.2, 0.25) is 10.0 Å². The lowest BCUT2D eigenvalue weighted by Crippen LogP contribution is -2.45. The van der Waals surface area contributed by atoms with Gasteiger partial charge in [0.05, 0.1) is 6.26 Å². The number of urea groups is 1. The van der Waals surface area contributed by atoms with Gasteiger partial charge in [0, 0.05) is 37.1 Å². The molecule has 0 saturated carbocycles. The minimum absolute atomic E-state index is 0.151. The van der Waals surface area contributed by atoms with Gasteiger partial charge in [-0.05, 0) is 42.7 Å². The number of sulfonamides is 1. The molecule has 0 bridgehead atoms. The number of amides is 2. The number of anilines is 2. The number of hydrogen-bond acceptors (Lipinski definition) is 4. The molecule has 0 aliphatic carbocycles. The van der Waals surface area contributed by atoms with Crippen molar-refractivity contribution in [2.75, 3.05) is 29.4 Å². The Morgan fingerprint density at radius 3 is 2.21 bits per heavy atom. The highest BCUT2D eigenvalue weighted by Crippen LogP contribution is 2.16. The van der Waals surface area contributed by atoms with Crippen LogP contribution in [0.15, 0.2) is 54.6 Å². The lowest BCUT2D eigenvalue weighted by Gasteiger charge is -2.32. The van der Waals surface area contributed by atoms with Gasteiger partial charge < -0.3 is 10.6 Å². The summed E-state index contributed by atoms with van der Waals surface area (Å²) in [5.74, 6) is 0. The van der Waals surface area contributed by atoms with Crippen molar-refractivity contribution >= 4 is 27.4 Å². The Balaban J connectivity index is 1.42. The van der Waals surface area contributed by atoms with Crippen molar-refractivity contribution in [3.63, 3.8) is 0 Å². The Bertz CT molecular complexity index is 877. The zero-order valence-electron chi connectivity index (χ0n) is 15.9. The number of carbonyl (C=O) groups excluding carboxylic acids is 1. The Hall–Kier alpha value is -2.58. The van der Waals surface area contributed by atoms with E-state index in [1.807, 2.05) is 6.07 Å². The number of benzene rings is 2. The Kier molecular flexibility index (Phi) is 6.53. The van der Waals surface area contributed by atoms with E-state index in [0.717, 1.165) is 38.7 Å². The normalized spacial score (nSPS) is 15.8. The summed E-state index contributed by atoms with van der Waals surface area (Å²) in [4.78, 5) is 14.6. The molecular formula is C20H26N4O3S. The second-order valence-corrected chi connectivity index (χ2v) is 8.83. The van der Waals surface area contributed by atoms with Crippen LogP contribution in [0, 0.1) is 0 Å². The number of piperidine rings is 1. The highest BCUT2D eigenvalue weighted by Gasteiger charge is 2.20. The molecule has 1 aliphatic rings. The summed E-state index contributed by atoms with van der Waals surface area (Å²) in [7, 11) is -3.31. The van der Waals surface area contributed by atoms with Gasteiger partial charge in [-0.25, -0.2) is 13.2 Å². The molecule has 2 aromatic carbocycles. The predicted octanol–water partition coefficient (Wildman–Crippen LogP) is 2.84. The molecule has 1 saturated heterocycles. The first-order valence-corrected chi connectivity index (χ1v) is 11.2. The first kappa shape index (κ1) is 20.2. The summed E-state index contributed by atoms with van der Waals surface area (Å²) in [6.07, 6.45) is 2.92. The van der Waals surface area contributed by atoms with E-state index in [1.54, 1.807) is 24.3 Å². The van der Waals surface area contributed by atoms with E-state index in [9.17, 15) is 13.2 Å². The fourth-order valence-corrected chi connectivity index (χ4v) is 3.83. The molecular weight excluding hydrogens is 376 g/mol. The average molecular weight is 403 g/mol. The molecule has 0 aromatic heterocycles. The summed E-state index contributed by atoms with van der Waals surface area (Å²) in [5.41, 5.74) is 2.37. The van der Waals surface area contributed by atoms with E-state index in [-0.39, 0.29) is 12.1 Å². The number of hydrogen-bond donors (Lipinski definition) is 3. The van der Waals surface area contributed by atoms with Gasteiger partial charge in [-0.1, -0.05) is 30.3 Å². The van der Waals surface area contributed by atoms with Crippen LogP contribution in [0.5, 0.6) is 0 Å². The van der Waals surface area contributed by atoms with Gasteiger partial charge >= 0.3 is 6.03 Å². The molecule has 2 amide bonds. The standard InChI is InChI=1S/C20H26N4O3S/c1-28(26,27)23-19-9-7-17(8-10-19)21-20(25)22-18-11-13-24(14-12-18)15-16-5-3-2-4-6-16/h2-10,18,23H,11-15H2,1H3,(H2,21,22,25). The Morgan fingerprint density at radius 1 is 1.00 bits per heavy atom. The Labute approximate surface area is 166 Å². The van der Waals surface area contributed by atoms with Crippen LogP contribution < -0.4 is 15.4 Å². The Morgan fingerprint density at radius 2 is 1.61 bits per heavy atom. The van der Waals surface area contributed by atoms with Gasteiger partial charge in [-0.2, -0.15) is 0 Å². The van der Waals surface area contributed by atoms with Crippen LogP contribution in [0.2, 0.25) is 0 Å². The minimum Gasteiger partial charge on any atom is -0.335 e. The molecule has 0 unspecified atom stereocenters. The van der Waals surface area contributed by atoms with E-state index in [1.165, 1.54) is 5.56 Å². The van der Waals surface area contributed by atoms with Gasteiger partial charge in [-0.3, -0.25) is 9.62 Å². The lowest BCUT2D eigenvalue weighted by atomic mass is 10.0. The second kappa shape index (κ2) is 9.07. The maximum atomic E-state index is 12.2. The third kappa shape index (κ3) is 6.54. The van der Waals surface area contributed by atoms with Crippen molar-refractivity contribution in [3.05, 3.63) is 60.2 Å². The van der Waals surface area contributed by atoms with Crippen LogP contribution in [-0.4, -0.2) is 44.7 Å². The fourth-order valence-electron chi connectivity index (χ4n) is 3.27. The molecule has 3 N–H and O–H groups in total. The van der Waals surface area contributed by atoms with E-state index >= 15 is 0 Å². The lowest BCUT2D eigenvalue weighted by molar-refractivity contribution is 0.190. The average Bonchev–Trinajstić information content (AvgIpc) is 2.65. The monoisotopic (exact) mass is 402 g/mol. The summed E-state index contributed by atoms with van der Waals surface area (Å²) in [5, 5.41) is 5.81. The summed E-state index contributed by atoms with van der Waals surface area (Å²) in [6, 6.07) is 16.8. The minimum atomic E-state index is -3.31. The van der Waals surface area contributed by atoms with Crippen LogP contribution >= 0.6 is 0 Å². The molecule has 0 radical (unpaired) electrons. The largest absolute Gasteiger partial charge is 0.335 e. The van der Waals surface area contributed by atoms with Crippen molar-refractivity contribution in [2.45, 2.75) is 25.4 Å². The molecule has 1 fully saturated rings. The molecule has 28 heavy (non-hydrogen) atoms. The van der Waals surface area contributed by atoms with Crippen molar-refractivity contribution in [2.24, 2.45) is 0 Å². The third-order valence-electron chi connectivity index (χ3n) is 4.62. The zero-order chi connectivity index (χ0) is 20.0. The summed E-state index contributed by atoms with van der Waals surface area (Å²) < 4.78 is 24.8. The van der Waals surface area contributed by atoms with Crippen LogP contribution in [-0.2, 0) is 16.6 Å². The molecule has 7 nitrogen and oxygen atoms in total.